The molecule has 0 aliphatic heterocycles. The summed E-state index contributed by atoms with van der Waals surface area (Å²) in [6.07, 6.45) is 0. The summed E-state index contributed by atoms with van der Waals surface area (Å²) in [6, 6.07) is 0. The summed E-state index contributed by atoms with van der Waals surface area (Å²) in [5, 5.41) is 0. The van der Waals surface area contributed by atoms with Gasteiger partial charge in [-0.3, -0.25) is 0 Å². The number of ether oxygens (including phenoxy) is 2. The summed E-state index contributed by atoms with van der Waals surface area (Å²) < 4.78 is 19.9. The van der Waals surface area contributed by atoms with Crippen LogP contribution in [0.2, 0.25) is 0 Å². The van der Waals surface area contributed by atoms with Crippen molar-refractivity contribution >= 4 is 45.4 Å². The molecule has 0 unspecified atom stereocenters. The van der Waals surface area contributed by atoms with E-state index in [1.54, 1.807) is 14.2 Å². The van der Waals surface area contributed by atoms with Gasteiger partial charge in [0.25, 0.3) is 0 Å². The van der Waals surface area contributed by atoms with E-state index < -0.39 is 15.9 Å². The quantitative estimate of drug-likeness (QED) is 0.381. The zero-order chi connectivity index (χ0) is 8.36. The molecule has 0 atom stereocenters. The molecule has 0 radical (unpaired) electrons. The van der Waals surface area contributed by atoms with Crippen molar-refractivity contribution in [2.75, 3.05) is 40.6 Å². The van der Waals surface area contributed by atoms with Crippen LogP contribution in [0.15, 0.2) is 0 Å². The van der Waals surface area contributed by atoms with Gasteiger partial charge in [-0.15, -0.1) is 0 Å². The third-order valence-electron chi connectivity index (χ3n) is 1.03. The van der Waals surface area contributed by atoms with Crippen molar-refractivity contribution in [2.45, 2.75) is 0 Å². The Morgan fingerprint density at radius 3 is 1.67 bits per heavy atom. The van der Waals surface area contributed by atoms with E-state index in [4.69, 9.17) is 17.1 Å². The fourth-order valence-corrected chi connectivity index (χ4v) is 1.05. The third kappa shape index (κ3) is 13.9. The molecule has 0 N–H and O–H groups in total. The van der Waals surface area contributed by atoms with E-state index in [0.717, 1.165) is 0 Å². The standard InChI is InChI=1S/2C3H7O2.Al.Na.2H/c2*1-5-3-2-4;;;;/h2*2-3H2,1H3;;;;/q2*-1;+2;;;/p+2. The average Bonchev–Trinajstić information content (AvgIpc) is 2.03. The Hall–Kier alpha value is 1.37. The molecular weight excluding hydrogens is 186 g/mol. The minimum atomic E-state index is -0.789. The Labute approximate surface area is 106 Å². The van der Waals surface area contributed by atoms with Crippen LogP contribution in [0.5, 0.6) is 0 Å². The summed E-state index contributed by atoms with van der Waals surface area (Å²) in [6.45, 7) is 2.55. The third-order valence-corrected chi connectivity index (χ3v) is 1.94. The first-order valence-corrected chi connectivity index (χ1v) is 4.70. The molecule has 0 amide bonds. The fraction of sp³-hybridized carbons (Fsp3) is 1.00. The summed E-state index contributed by atoms with van der Waals surface area (Å²) in [5.74, 6) is 0. The van der Waals surface area contributed by atoms with E-state index in [9.17, 15) is 0 Å². The molecule has 0 saturated heterocycles. The van der Waals surface area contributed by atoms with Gasteiger partial charge in [0.05, 0.1) is 13.2 Å². The Morgan fingerprint density at radius 2 is 1.33 bits per heavy atom. The van der Waals surface area contributed by atoms with Gasteiger partial charge in [0.15, 0.2) is 0 Å². The number of hydrogen-bond acceptors (Lipinski definition) is 4. The van der Waals surface area contributed by atoms with Crippen LogP contribution in [0.3, 0.4) is 0 Å². The molecular formula is C6H18AlNaO4+2. The Bertz CT molecular complexity index is 76.9. The molecule has 0 aromatic carbocycles. The van der Waals surface area contributed by atoms with Crippen LogP contribution in [0.4, 0.5) is 0 Å². The monoisotopic (exact) mass is 204 g/mol. The first-order valence-electron chi connectivity index (χ1n) is 3.55. The molecule has 6 heteroatoms. The maximum atomic E-state index is 5.16. The van der Waals surface area contributed by atoms with Gasteiger partial charge in [-0.2, -0.15) is 0 Å². The number of rotatable bonds is 8. The van der Waals surface area contributed by atoms with Crippen molar-refractivity contribution < 1.29 is 19.9 Å². The van der Waals surface area contributed by atoms with Crippen LogP contribution in [-0.4, -0.2) is 86.1 Å². The summed E-state index contributed by atoms with van der Waals surface area (Å²) in [5.41, 5.74) is 0. The van der Waals surface area contributed by atoms with Gasteiger partial charge in [0.2, 0.25) is 0 Å². The first-order chi connectivity index (χ1) is 5.41. The SMILES string of the molecule is COCC[O][AlH][O]CCOC.[H+].[H+].[NaH]. The molecule has 12 heavy (non-hydrogen) atoms. The topological polar surface area (TPSA) is 36.9 Å². The molecule has 0 saturated carbocycles. The van der Waals surface area contributed by atoms with Crippen molar-refractivity contribution in [3.05, 3.63) is 0 Å². The van der Waals surface area contributed by atoms with Crippen LogP contribution in [0.25, 0.3) is 0 Å². The van der Waals surface area contributed by atoms with E-state index in [-0.39, 0.29) is 32.4 Å². The van der Waals surface area contributed by atoms with Gasteiger partial charge in [-0.05, 0) is 0 Å². The Morgan fingerprint density at radius 1 is 0.917 bits per heavy atom. The van der Waals surface area contributed by atoms with Crippen molar-refractivity contribution in [1.29, 1.82) is 0 Å². The van der Waals surface area contributed by atoms with Crippen LogP contribution < -0.4 is 0 Å². The fourth-order valence-electron chi connectivity index (χ4n) is 0.461. The molecule has 0 fully saturated rings. The maximum absolute atomic E-state index is 5.16. The summed E-state index contributed by atoms with van der Waals surface area (Å²) >= 11 is -0.789. The van der Waals surface area contributed by atoms with Gasteiger partial charge < -0.3 is 17.1 Å². The number of hydrogen-bond donors (Lipinski definition) is 0. The van der Waals surface area contributed by atoms with E-state index >= 15 is 0 Å². The second-order valence-corrected chi connectivity index (χ2v) is 2.97. The Balaban J connectivity index is -0.000000167. The predicted molar refractivity (Wildman–Crippen MR) is 52.2 cm³/mol. The Kier molecular flexibility index (Phi) is 19.6. The van der Waals surface area contributed by atoms with E-state index in [0.29, 0.717) is 26.4 Å². The summed E-state index contributed by atoms with van der Waals surface area (Å²) in [4.78, 5) is 0. The van der Waals surface area contributed by atoms with Crippen LogP contribution in [0.1, 0.15) is 2.85 Å². The second-order valence-electron chi connectivity index (χ2n) is 1.92. The van der Waals surface area contributed by atoms with Crippen LogP contribution >= 0.6 is 0 Å². The average molecular weight is 204 g/mol. The number of methoxy groups -OCH3 is 2. The van der Waals surface area contributed by atoms with Gasteiger partial charge in [0, 0.05) is 27.4 Å². The van der Waals surface area contributed by atoms with Crippen LogP contribution in [0, 0.1) is 0 Å². The second kappa shape index (κ2) is 14.9. The molecule has 0 aromatic heterocycles. The zero-order valence-electron chi connectivity index (χ0n) is 9.17. The molecule has 0 aromatic rings. The molecule has 68 valence electrons. The molecule has 0 rings (SSSR count). The zero-order valence-corrected chi connectivity index (χ0v) is 8.58. The van der Waals surface area contributed by atoms with Gasteiger partial charge in [-0.1, -0.05) is 0 Å². The molecule has 0 heterocycles. The first kappa shape index (κ1) is 15.8. The van der Waals surface area contributed by atoms with Gasteiger partial charge >= 0.3 is 48.3 Å². The molecule has 0 spiro atoms. The van der Waals surface area contributed by atoms with Gasteiger partial charge in [-0.25, -0.2) is 0 Å². The molecule has 0 bridgehead atoms. The van der Waals surface area contributed by atoms with Gasteiger partial charge in [0.1, 0.15) is 0 Å². The van der Waals surface area contributed by atoms with E-state index in [1.165, 1.54) is 0 Å². The summed E-state index contributed by atoms with van der Waals surface area (Å²) in [7, 11) is 3.30. The van der Waals surface area contributed by atoms with Crippen LogP contribution in [-0.2, 0) is 17.1 Å². The van der Waals surface area contributed by atoms with Crippen molar-refractivity contribution in [3.63, 3.8) is 0 Å². The molecule has 0 aliphatic carbocycles. The van der Waals surface area contributed by atoms with Crippen molar-refractivity contribution in [1.82, 2.24) is 0 Å². The van der Waals surface area contributed by atoms with E-state index in [1.807, 2.05) is 0 Å². The van der Waals surface area contributed by atoms with Crippen molar-refractivity contribution in [2.24, 2.45) is 0 Å². The van der Waals surface area contributed by atoms with E-state index in [2.05, 4.69) is 0 Å². The normalized spacial score (nSPS) is 9.17. The predicted octanol–water partition coefficient (Wildman–Crippen LogP) is -0.845. The van der Waals surface area contributed by atoms with Crippen molar-refractivity contribution in [3.8, 4) is 0 Å². The molecule has 4 nitrogen and oxygen atoms in total. The molecule has 0 aliphatic rings. The minimum absolute atomic E-state index is 0.